The minimum absolute atomic E-state index is 0.0988. The van der Waals surface area contributed by atoms with Gasteiger partial charge in [0.2, 0.25) is 5.91 Å². The molecule has 2 aliphatic carbocycles. The largest absolute Gasteiger partial charge is 0.316 e. The van der Waals surface area contributed by atoms with Crippen molar-refractivity contribution in [3.63, 3.8) is 0 Å². The molecule has 1 N–H and O–H groups in total. The zero-order valence-corrected chi connectivity index (χ0v) is 19.7. The number of nitriles is 1. The summed E-state index contributed by atoms with van der Waals surface area (Å²) in [6, 6.07) is 6.94. The van der Waals surface area contributed by atoms with Crippen molar-refractivity contribution in [1.29, 1.82) is 5.26 Å². The van der Waals surface area contributed by atoms with E-state index in [1.807, 2.05) is 0 Å². The number of nitrogens with one attached hydrogen (secondary N) is 1. The molecule has 0 saturated heterocycles. The molecule has 3 aromatic rings. The normalized spacial score (nSPS) is 17.9. The smallest absolute Gasteiger partial charge is 0.235 e. The van der Waals surface area contributed by atoms with Crippen LogP contribution in [0.25, 0.3) is 0 Å². The highest BCUT2D eigenvalue weighted by atomic mass is 32.2. The Bertz CT molecular complexity index is 1140. The van der Waals surface area contributed by atoms with Crippen LogP contribution in [-0.4, -0.2) is 26.4 Å². The lowest BCUT2D eigenvalue weighted by molar-refractivity contribution is -0.113. The Morgan fingerprint density at radius 1 is 1.39 bits per heavy atom. The molecule has 0 spiro atoms. The first-order valence-corrected chi connectivity index (χ1v) is 13.2. The number of anilines is 1. The maximum Gasteiger partial charge on any atom is 0.235 e. The van der Waals surface area contributed by atoms with E-state index in [1.165, 1.54) is 21.5 Å². The molecule has 9 heteroatoms. The number of nitrogens with zero attached hydrogens (tertiary/aromatic N) is 4. The van der Waals surface area contributed by atoms with Gasteiger partial charge in [0.1, 0.15) is 16.9 Å². The highest BCUT2D eigenvalue weighted by Gasteiger charge is 2.30. The molecule has 160 valence electrons. The topological polar surface area (TPSA) is 83.6 Å². The van der Waals surface area contributed by atoms with Gasteiger partial charge < -0.3 is 9.88 Å². The minimum atomic E-state index is -0.0988. The van der Waals surface area contributed by atoms with Crippen LogP contribution in [0, 0.1) is 17.2 Å². The Labute approximate surface area is 193 Å². The van der Waals surface area contributed by atoms with E-state index in [9.17, 15) is 10.1 Å². The zero-order chi connectivity index (χ0) is 21.4. The predicted octanol–water partition coefficient (Wildman–Crippen LogP) is 5.05. The van der Waals surface area contributed by atoms with Crippen LogP contribution < -0.4 is 5.32 Å². The maximum absolute atomic E-state index is 12.7. The minimum Gasteiger partial charge on any atom is -0.316 e. The summed E-state index contributed by atoms with van der Waals surface area (Å²) in [5, 5.41) is 25.0. The number of thiophene rings is 2. The number of rotatable bonds is 7. The van der Waals surface area contributed by atoms with Crippen molar-refractivity contribution >= 4 is 45.3 Å². The van der Waals surface area contributed by atoms with E-state index < -0.39 is 0 Å². The first-order chi connectivity index (χ1) is 15.1. The standard InChI is InChI=1S/C22H23N5OS3/c1-13-4-7-16-17(11-23)21(31-18(16)9-13)24-20(28)12-30-22-26-25-19(27(22)14-5-6-14)10-15-3-2-8-29-15/h2-3,8,13-14H,4-7,9-10,12H2,1H3,(H,24,28)/t13-/m0/s1. The molecule has 1 saturated carbocycles. The molecule has 31 heavy (non-hydrogen) atoms. The van der Waals surface area contributed by atoms with Crippen molar-refractivity contribution in [2.24, 2.45) is 5.92 Å². The second-order valence-corrected chi connectivity index (χ2v) is 11.3. The summed E-state index contributed by atoms with van der Waals surface area (Å²) in [4.78, 5) is 15.2. The van der Waals surface area contributed by atoms with Crippen LogP contribution >= 0.6 is 34.4 Å². The third kappa shape index (κ3) is 4.43. The van der Waals surface area contributed by atoms with Crippen LogP contribution in [0.15, 0.2) is 22.7 Å². The van der Waals surface area contributed by atoms with Crippen molar-refractivity contribution in [1.82, 2.24) is 14.8 Å². The maximum atomic E-state index is 12.7. The molecule has 0 unspecified atom stereocenters. The van der Waals surface area contributed by atoms with E-state index in [2.05, 4.69) is 50.6 Å². The van der Waals surface area contributed by atoms with Crippen LogP contribution in [0.1, 0.15) is 58.9 Å². The second kappa shape index (κ2) is 8.77. The summed E-state index contributed by atoms with van der Waals surface area (Å²) in [5.74, 6) is 1.76. The van der Waals surface area contributed by atoms with Crippen molar-refractivity contribution in [2.75, 3.05) is 11.1 Å². The van der Waals surface area contributed by atoms with E-state index in [0.717, 1.165) is 55.1 Å². The number of amides is 1. The van der Waals surface area contributed by atoms with E-state index in [-0.39, 0.29) is 11.7 Å². The molecule has 3 heterocycles. The van der Waals surface area contributed by atoms with Gasteiger partial charge in [-0.25, -0.2) is 0 Å². The summed E-state index contributed by atoms with van der Waals surface area (Å²) >= 11 is 4.72. The molecule has 2 aliphatic rings. The van der Waals surface area contributed by atoms with Gasteiger partial charge in [-0.1, -0.05) is 24.8 Å². The first kappa shape index (κ1) is 20.7. The molecule has 0 bridgehead atoms. The molecule has 0 radical (unpaired) electrons. The Hall–Kier alpha value is -2.15. The van der Waals surface area contributed by atoms with Crippen LogP contribution in [-0.2, 0) is 24.1 Å². The van der Waals surface area contributed by atoms with E-state index in [1.54, 1.807) is 22.7 Å². The number of hydrogen-bond acceptors (Lipinski definition) is 7. The summed E-state index contributed by atoms with van der Waals surface area (Å²) < 4.78 is 2.21. The fourth-order valence-electron chi connectivity index (χ4n) is 4.04. The Balaban J connectivity index is 1.27. The van der Waals surface area contributed by atoms with Gasteiger partial charge in [-0.05, 0) is 55.0 Å². The van der Waals surface area contributed by atoms with Crippen LogP contribution in [0.4, 0.5) is 5.00 Å². The van der Waals surface area contributed by atoms with Gasteiger partial charge in [0.05, 0.1) is 11.3 Å². The van der Waals surface area contributed by atoms with Crippen molar-refractivity contribution in [3.05, 3.63) is 44.2 Å². The summed E-state index contributed by atoms with van der Waals surface area (Å²) in [7, 11) is 0. The second-order valence-electron chi connectivity index (χ2n) is 8.26. The molecular weight excluding hydrogens is 446 g/mol. The fourth-order valence-corrected chi connectivity index (χ4v) is 6.95. The lowest BCUT2D eigenvalue weighted by atomic mass is 9.89. The Morgan fingerprint density at radius 2 is 2.26 bits per heavy atom. The van der Waals surface area contributed by atoms with Gasteiger partial charge in [-0.2, -0.15) is 5.26 Å². The average Bonchev–Trinajstić information content (AvgIpc) is 3.16. The summed E-state index contributed by atoms with van der Waals surface area (Å²) in [5.41, 5.74) is 1.80. The van der Waals surface area contributed by atoms with Gasteiger partial charge in [-0.15, -0.1) is 32.9 Å². The molecule has 1 amide bonds. The molecule has 1 fully saturated rings. The van der Waals surface area contributed by atoms with Crippen LogP contribution in [0.3, 0.4) is 0 Å². The van der Waals surface area contributed by atoms with Gasteiger partial charge in [0.25, 0.3) is 0 Å². The molecule has 0 aromatic carbocycles. The van der Waals surface area contributed by atoms with Gasteiger partial charge in [0, 0.05) is 22.2 Å². The van der Waals surface area contributed by atoms with Crippen LogP contribution in [0.5, 0.6) is 0 Å². The Morgan fingerprint density at radius 3 is 3.00 bits per heavy atom. The Kier molecular flexibility index (Phi) is 5.87. The third-order valence-electron chi connectivity index (χ3n) is 5.77. The monoisotopic (exact) mass is 469 g/mol. The molecule has 3 aromatic heterocycles. The summed E-state index contributed by atoms with van der Waals surface area (Å²) in [6.07, 6.45) is 6.08. The zero-order valence-electron chi connectivity index (χ0n) is 17.3. The van der Waals surface area contributed by atoms with Gasteiger partial charge in [0.15, 0.2) is 5.16 Å². The lowest BCUT2D eigenvalue weighted by Crippen LogP contribution is -2.15. The highest BCUT2D eigenvalue weighted by molar-refractivity contribution is 7.99. The molecular formula is C22H23N5OS3. The number of thioether (sulfide) groups is 1. The number of carbonyl (C=O) groups excluding carboxylic acids is 1. The number of fused-ring (bicyclic) bond motifs is 1. The van der Waals surface area contributed by atoms with Crippen molar-refractivity contribution in [2.45, 2.75) is 56.6 Å². The summed E-state index contributed by atoms with van der Waals surface area (Å²) in [6.45, 7) is 2.24. The number of aromatic nitrogens is 3. The van der Waals surface area contributed by atoms with Crippen molar-refractivity contribution in [3.8, 4) is 6.07 Å². The number of hydrogen-bond donors (Lipinski definition) is 1. The van der Waals surface area contributed by atoms with E-state index in [0.29, 0.717) is 22.5 Å². The molecule has 0 aliphatic heterocycles. The van der Waals surface area contributed by atoms with Crippen molar-refractivity contribution < 1.29 is 4.79 Å². The van der Waals surface area contributed by atoms with Gasteiger partial charge >= 0.3 is 0 Å². The number of carbonyl (C=O) groups is 1. The lowest BCUT2D eigenvalue weighted by Gasteiger charge is -2.17. The third-order valence-corrected chi connectivity index (χ3v) is 8.76. The van der Waals surface area contributed by atoms with E-state index in [4.69, 9.17) is 0 Å². The highest BCUT2D eigenvalue weighted by Crippen LogP contribution is 2.40. The van der Waals surface area contributed by atoms with Crippen LogP contribution in [0.2, 0.25) is 0 Å². The quantitative estimate of drug-likeness (QED) is 0.489. The fraction of sp³-hybridized carbons (Fsp3) is 0.455. The molecule has 1 atom stereocenters. The molecule has 6 nitrogen and oxygen atoms in total. The predicted molar refractivity (Wildman–Crippen MR) is 125 cm³/mol. The van der Waals surface area contributed by atoms with E-state index >= 15 is 0 Å². The average molecular weight is 470 g/mol. The molecule has 5 rings (SSSR count). The van der Waals surface area contributed by atoms with Gasteiger partial charge in [-0.3, -0.25) is 4.79 Å². The first-order valence-electron chi connectivity index (χ1n) is 10.6. The SMILES string of the molecule is C[C@H]1CCc2c(sc(NC(=O)CSc3nnc(Cc4cccs4)n3C3CC3)c2C#N)C1.